The van der Waals surface area contributed by atoms with Gasteiger partial charge in [0.05, 0.1) is 18.5 Å². The van der Waals surface area contributed by atoms with E-state index in [0.29, 0.717) is 35.0 Å². The van der Waals surface area contributed by atoms with Crippen LogP contribution in [0, 0.1) is 0 Å². The molecule has 0 aliphatic rings. The summed E-state index contributed by atoms with van der Waals surface area (Å²) in [6, 6.07) is 7.64. The number of nitrogens with zero attached hydrogens (tertiary/aromatic N) is 2. The topological polar surface area (TPSA) is 77.3 Å². The van der Waals surface area contributed by atoms with E-state index in [9.17, 15) is 4.79 Å². The largest absolute Gasteiger partial charge is 0.496 e. The number of aromatic nitrogens is 2. The van der Waals surface area contributed by atoms with E-state index >= 15 is 0 Å². The fraction of sp³-hybridized carbons (Fsp3) is 0.278. The van der Waals surface area contributed by atoms with Gasteiger partial charge in [-0.2, -0.15) is 0 Å². The molecule has 0 radical (unpaired) electrons. The van der Waals surface area contributed by atoms with E-state index in [2.05, 4.69) is 15.5 Å². The molecule has 3 aromatic rings. The first-order valence-corrected chi connectivity index (χ1v) is 8.93. The van der Waals surface area contributed by atoms with Gasteiger partial charge in [0.2, 0.25) is 0 Å². The van der Waals surface area contributed by atoms with Gasteiger partial charge >= 0.3 is 0 Å². The number of amides is 1. The van der Waals surface area contributed by atoms with E-state index in [4.69, 9.17) is 9.26 Å². The molecule has 0 aliphatic heterocycles. The summed E-state index contributed by atoms with van der Waals surface area (Å²) in [5.74, 6) is 1.10. The van der Waals surface area contributed by atoms with E-state index in [1.54, 1.807) is 7.11 Å². The Morgan fingerprint density at radius 3 is 2.80 bits per heavy atom. The van der Waals surface area contributed by atoms with E-state index in [0.717, 1.165) is 17.0 Å². The van der Waals surface area contributed by atoms with Crippen molar-refractivity contribution in [3.63, 3.8) is 0 Å². The summed E-state index contributed by atoms with van der Waals surface area (Å²) in [7, 11) is 1.62. The number of benzene rings is 1. The molecule has 0 fully saturated rings. The van der Waals surface area contributed by atoms with Gasteiger partial charge in [0.25, 0.3) is 5.91 Å². The Kier molecular flexibility index (Phi) is 5.14. The van der Waals surface area contributed by atoms with Crippen molar-refractivity contribution in [1.82, 2.24) is 10.1 Å². The molecule has 0 saturated heterocycles. The van der Waals surface area contributed by atoms with E-state index in [1.807, 2.05) is 43.5 Å². The maximum Gasteiger partial charge on any atom is 0.262 e. The van der Waals surface area contributed by atoms with Crippen molar-refractivity contribution in [2.45, 2.75) is 26.7 Å². The molecule has 130 valence electrons. The maximum atomic E-state index is 12.6. The van der Waals surface area contributed by atoms with Crippen molar-refractivity contribution in [2.24, 2.45) is 0 Å². The smallest absolute Gasteiger partial charge is 0.262 e. The molecule has 0 spiro atoms. The predicted octanol–water partition coefficient (Wildman–Crippen LogP) is 4.18. The third-order valence-electron chi connectivity index (χ3n) is 3.82. The van der Waals surface area contributed by atoms with Gasteiger partial charge in [-0.3, -0.25) is 10.1 Å². The molecule has 1 N–H and O–H groups in total. The lowest BCUT2D eigenvalue weighted by Gasteiger charge is -2.05. The molecule has 2 aromatic heterocycles. The lowest BCUT2D eigenvalue weighted by molar-refractivity contribution is 0.102. The number of carbonyl (C=O) groups excluding carboxylic acids is 1. The number of hydrogen-bond acceptors (Lipinski definition) is 6. The normalized spacial score (nSPS) is 10.7. The van der Waals surface area contributed by atoms with Crippen molar-refractivity contribution in [3.05, 3.63) is 46.7 Å². The number of carbonyl (C=O) groups is 1. The summed E-state index contributed by atoms with van der Waals surface area (Å²) in [6.45, 7) is 3.87. The molecule has 1 amide bonds. The highest BCUT2D eigenvalue weighted by molar-refractivity contribution is 7.14. The molecule has 7 heteroatoms. The zero-order chi connectivity index (χ0) is 17.8. The number of anilines is 1. The third-order valence-corrected chi connectivity index (χ3v) is 4.58. The summed E-state index contributed by atoms with van der Waals surface area (Å²) in [5, 5.41) is 9.24. The second-order valence-electron chi connectivity index (χ2n) is 5.33. The summed E-state index contributed by atoms with van der Waals surface area (Å²) in [5.41, 5.74) is 2.82. The average Bonchev–Trinajstić information content (AvgIpc) is 3.27. The number of rotatable bonds is 6. The van der Waals surface area contributed by atoms with Crippen LogP contribution in [-0.2, 0) is 12.8 Å². The van der Waals surface area contributed by atoms with Crippen molar-refractivity contribution >= 4 is 22.4 Å². The minimum absolute atomic E-state index is 0.240. The average molecular weight is 357 g/mol. The molecule has 0 unspecified atom stereocenters. The lowest BCUT2D eigenvalue weighted by Crippen LogP contribution is -2.14. The van der Waals surface area contributed by atoms with Crippen LogP contribution in [0.4, 0.5) is 5.13 Å². The molecule has 2 heterocycles. The monoisotopic (exact) mass is 357 g/mol. The highest BCUT2D eigenvalue weighted by Crippen LogP contribution is 2.32. The Morgan fingerprint density at radius 2 is 2.08 bits per heavy atom. The highest BCUT2D eigenvalue weighted by Gasteiger charge is 2.22. The summed E-state index contributed by atoms with van der Waals surface area (Å²) >= 11 is 1.37. The first kappa shape index (κ1) is 17.2. The number of nitrogens with one attached hydrogen (secondary N) is 1. The molecule has 0 aliphatic carbocycles. The number of hydrogen-bond donors (Lipinski definition) is 1. The van der Waals surface area contributed by atoms with Crippen LogP contribution in [0.3, 0.4) is 0 Å². The Labute approximate surface area is 149 Å². The fourth-order valence-electron chi connectivity index (χ4n) is 2.57. The van der Waals surface area contributed by atoms with Gasteiger partial charge in [-0.05, 0) is 18.6 Å². The predicted molar refractivity (Wildman–Crippen MR) is 97.3 cm³/mol. The molecular formula is C18H19N3O3S. The van der Waals surface area contributed by atoms with Gasteiger partial charge in [-0.25, -0.2) is 4.98 Å². The Morgan fingerprint density at radius 1 is 1.28 bits per heavy atom. The summed E-state index contributed by atoms with van der Waals surface area (Å²) in [4.78, 5) is 17.1. The minimum Gasteiger partial charge on any atom is -0.496 e. The number of methoxy groups -OCH3 is 1. The van der Waals surface area contributed by atoms with Gasteiger partial charge in [-0.1, -0.05) is 31.1 Å². The number of thiazole rings is 1. The van der Waals surface area contributed by atoms with Crippen LogP contribution in [0.15, 0.2) is 34.2 Å². The second kappa shape index (κ2) is 7.48. The third kappa shape index (κ3) is 3.41. The fourth-order valence-corrected chi connectivity index (χ4v) is 3.28. The van der Waals surface area contributed by atoms with Crippen molar-refractivity contribution < 1.29 is 14.1 Å². The lowest BCUT2D eigenvalue weighted by atomic mass is 10.1. The summed E-state index contributed by atoms with van der Waals surface area (Å²) < 4.78 is 10.6. The van der Waals surface area contributed by atoms with Gasteiger partial charge < -0.3 is 9.26 Å². The van der Waals surface area contributed by atoms with Crippen LogP contribution >= 0.6 is 11.3 Å². The van der Waals surface area contributed by atoms with Gasteiger partial charge in [0, 0.05) is 17.4 Å². The summed E-state index contributed by atoms with van der Waals surface area (Å²) in [6.07, 6.45) is 1.25. The molecular weight excluding hydrogens is 338 g/mol. The SMILES string of the molecule is CCc1noc(CC)c1C(=O)Nc1nc(-c2ccccc2OC)cs1. The Balaban J connectivity index is 1.84. The molecule has 1 aromatic carbocycles. The number of aryl methyl sites for hydroxylation is 2. The molecule has 25 heavy (non-hydrogen) atoms. The molecule has 0 bridgehead atoms. The zero-order valence-electron chi connectivity index (χ0n) is 14.3. The van der Waals surface area contributed by atoms with Gasteiger partial charge in [-0.15, -0.1) is 11.3 Å². The highest BCUT2D eigenvalue weighted by atomic mass is 32.1. The van der Waals surface area contributed by atoms with Crippen LogP contribution < -0.4 is 10.1 Å². The standard InChI is InChI=1S/C18H19N3O3S/c1-4-12-16(14(5-2)24-21-12)17(22)20-18-19-13(10-25-18)11-8-6-7-9-15(11)23-3/h6-10H,4-5H2,1-3H3,(H,19,20,22). The van der Waals surface area contributed by atoms with Gasteiger partial charge in [0.15, 0.2) is 5.13 Å². The minimum atomic E-state index is -0.240. The van der Waals surface area contributed by atoms with Crippen LogP contribution in [0.25, 0.3) is 11.3 Å². The molecule has 0 atom stereocenters. The van der Waals surface area contributed by atoms with Crippen LogP contribution in [-0.4, -0.2) is 23.2 Å². The first-order chi connectivity index (χ1) is 12.2. The van der Waals surface area contributed by atoms with E-state index in [-0.39, 0.29) is 5.91 Å². The van der Waals surface area contributed by atoms with Crippen molar-refractivity contribution in [1.29, 1.82) is 0 Å². The Bertz CT molecular complexity index is 864. The quantitative estimate of drug-likeness (QED) is 0.716. The second-order valence-corrected chi connectivity index (χ2v) is 6.18. The number of para-hydroxylation sites is 1. The van der Waals surface area contributed by atoms with Gasteiger partial charge in [0.1, 0.15) is 17.1 Å². The van der Waals surface area contributed by atoms with Crippen molar-refractivity contribution in [2.75, 3.05) is 12.4 Å². The first-order valence-electron chi connectivity index (χ1n) is 8.05. The molecule has 6 nitrogen and oxygen atoms in total. The van der Waals surface area contributed by atoms with E-state index < -0.39 is 0 Å². The maximum absolute atomic E-state index is 12.6. The zero-order valence-corrected chi connectivity index (χ0v) is 15.1. The van der Waals surface area contributed by atoms with Crippen LogP contribution in [0.5, 0.6) is 5.75 Å². The molecule has 3 rings (SSSR count). The van der Waals surface area contributed by atoms with Crippen LogP contribution in [0.2, 0.25) is 0 Å². The Hall–Kier alpha value is -2.67. The van der Waals surface area contributed by atoms with Crippen molar-refractivity contribution in [3.8, 4) is 17.0 Å². The van der Waals surface area contributed by atoms with Crippen LogP contribution in [0.1, 0.15) is 35.7 Å². The van der Waals surface area contributed by atoms with E-state index in [1.165, 1.54) is 11.3 Å². The number of ether oxygens (including phenoxy) is 1. The molecule has 0 saturated carbocycles.